The Kier molecular flexibility index (Phi) is 7.32. The van der Waals surface area contributed by atoms with Crippen LogP contribution in [0.5, 0.6) is 0 Å². The van der Waals surface area contributed by atoms with Crippen LogP contribution in [0.2, 0.25) is 0 Å². The molecule has 8 nitrogen and oxygen atoms in total. The molecule has 1 aliphatic heterocycles. The van der Waals surface area contributed by atoms with Crippen LogP contribution in [-0.4, -0.2) is 56.2 Å². The third-order valence-corrected chi connectivity index (χ3v) is 4.61. The van der Waals surface area contributed by atoms with Crippen molar-refractivity contribution in [2.45, 2.75) is 38.3 Å². The number of anilines is 1. The number of carbonyl (C=O) groups excluding carboxylic acids is 3. The van der Waals surface area contributed by atoms with E-state index < -0.39 is 17.6 Å². The molecule has 1 unspecified atom stereocenters. The molecule has 0 aliphatic carbocycles. The molecule has 1 aromatic rings. The third-order valence-electron chi connectivity index (χ3n) is 4.61. The van der Waals surface area contributed by atoms with E-state index in [2.05, 4.69) is 16.0 Å². The van der Waals surface area contributed by atoms with Crippen LogP contribution in [0.3, 0.4) is 0 Å². The van der Waals surface area contributed by atoms with Crippen LogP contribution >= 0.6 is 0 Å². The molecule has 1 aromatic carbocycles. The van der Waals surface area contributed by atoms with Crippen molar-refractivity contribution < 1.29 is 23.9 Å². The summed E-state index contributed by atoms with van der Waals surface area (Å²) >= 11 is 0. The second-order valence-electron chi connectivity index (χ2n) is 6.43. The number of amides is 2. The fourth-order valence-electron chi connectivity index (χ4n) is 2.91. The molecule has 0 saturated carbocycles. The van der Waals surface area contributed by atoms with Crippen LogP contribution in [-0.2, 0) is 19.1 Å². The predicted molar refractivity (Wildman–Crippen MR) is 100 cm³/mol. The molecule has 8 heteroatoms. The highest BCUT2D eigenvalue weighted by Crippen LogP contribution is 2.24. The van der Waals surface area contributed by atoms with Gasteiger partial charge in [-0.2, -0.15) is 0 Å². The number of carbonyl (C=O) groups is 3. The first-order valence-electron chi connectivity index (χ1n) is 9.06. The zero-order chi connectivity index (χ0) is 19.9. The second-order valence-corrected chi connectivity index (χ2v) is 6.43. The van der Waals surface area contributed by atoms with Gasteiger partial charge in [-0.15, -0.1) is 0 Å². The first-order chi connectivity index (χ1) is 12.9. The van der Waals surface area contributed by atoms with Gasteiger partial charge in [-0.1, -0.05) is 0 Å². The molecule has 1 saturated heterocycles. The Morgan fingerprint density at radius 2 is 1.81 bits per heavy atom. The van der Waals surface area contributed by atoms with Gasteiger partial charge in [-0.25, -0.2) is 4.79 Å². The SMILES string of the molecule is CCOC(=O)C(C)NC(=O)c1ccc(NC(=O)C2(OC)CCNCC2)cc1. The number of esters is 1. The van der Waals surface area contributed by atoms with Gasteiger partial charge in [0.25, 0.3) is 11.8 Å². The summed E-state index contributed by atoms with van der Waals surface area (Å²) in [6.07, 6.45) is 1.20. The molecule has 0 aromatic heterocycles. The molecule has 0 radical (unpaired) electrons. The van der Waals surface area contributed by atoms with Crippen molar-refractivity contribution in [3.05, 3.63) is 29.8 Å². The summed E-state index contributed by atoms with van der Waals surface area (Å²) < 4.78 is 10.4. The lowest BCUT2D eigenvalue weighted by Crippen LogP contribution is -2.51. The minimum Gasteiger partial charge on any atom is -0.464 e. The van der Waals surface area contributed by atoms with Crippen molar-refractivity contribution in [1.29, 1.82) is 0 Å². The summed E-state index contributed by atoms with van der Waals surface area (Å²) in [5.41, 5.74) is 0.119. The number of ether oxygens (including phenoxy) is 2. The number of hydrogen-bond donors (Lipinski definition) is 3. The molecule has 0 spiro atoms. The van der Waals surface area contributed by atoms with Gasteiger partial charge in [0.1, 0.15) is 11.6 Å². The lowest BCUT2D eigenvalue weighted by Gasteiger charge is -2.34. The first kappa shape index (κ1) is 20.9. The Morgan fingerprint density at radius 1 is 1.19 bits per heavy atom. The lowest BCUT2D eigenvalue weighted by atomic mass is 9.91. The van der Waals surface area contributed by atoms with E-state index in [0.29, 0.717) is 24.1 Å². The highest BCUT2D eigenvalue weighted by molar-refractivity contribution is 5.99. The van der Waals surface area contributed by atoms with Gasteiger partial charge < -0.3 is 25.4 Å². The molecule has 2 amide bonds. The van der Waals surface area contributed by atoms with Gasteiger partial charge in [0.2, 0.25) is 0 Å². The van der Waals surface area contributed by atoms with Crippen molar-refractivity contribution in [3.63, 3.8) is 0 Å². The Balaban J connectivity index is 1.97. The standard InChI is InChI=1S/C19H27N3O5/c1-4-27-17(24)13(2)21-16(23)14-5-7-15(8-6-14)22-18(25)19(26-3)9-11-20-12-10-19/h5-8,13,20H,4,9-12H2,1-3H3,(H,21,23)(H,22,25). The topological polar surface area (TPSA) is 106 Å². The van der Waals surface area contributed by atoms with E-state index in [4.69, 9.17) is 9.47 Å². The van der Waals surface area contributed by atoms with E-state index in [9.17, 15) is 14.4 Å². The van der Waals surface area contributed by atoms with Gasteiger partial charge in [0.05, 0.1) is 6.61 Å². The third kappa shape index (κ3) is 5.27. The van der Waals surface area contributed by atoms with Gasteiger partial charge in [-0.05, 0) is 64.0 Å². The molecule has 1 aliphatic rings. The second kappa shape index (κ2) is 9.48. The Hall–Kier alpha value is -2.45. The van der Waals surface area contributed by atoms with Crippen molar-refractivity contribution in [1.82, 2.24) is 10.6 Å². The van der Waals surface area contributed by atoms with E-state index in [1.807, 2.05) is 0 Å². The fraction of sp³-hybridized carbons (Fsp3) is 0.526. The predicted octanol–water partition coefficient (Wildman–Crippen LogP) is 1.08. The maximum absolute atomic E-state index is 12.6. The highest BCUT2D eigenvalue weighted by atomic mass is 16.5. The van der Waals surface area contributed by atoms with E-state index in [0.717, 1.165) is 13.1 Å². The summed E-state index contributed by atoms with van der Waals surface area (Å²) in [6.45, 7) is 4.97. The van der Waals surface area contributed by atoms with Gasteiger partial charge in [0, 0.05) is 18.4 Å². The summed E-state index contributed by atoms with van der Waals surface area (Å²) in [5, 5.41) is 8.63. The van der Waals surface area contributed by atoms with Crippen LogP contribution in [0, 0.1) is 0 Å². The monoisotopic (exact) mass is 377 g/mol. The molecule has 3 N–H and O–H groups in total. The molecule has 1 atom stereocenters. The van der Waals surface area contributed by atoms with E-state index in [-0.39, 0.29) is 18.4 Å². The van der Waals surface area contributed by atoms with Crippen LogP contribution in [0.15, 0.2) is 24.3 Å². The molecule has 27 heavy (non-hydrogen) atoms. The largest absolute Gasteiger partial charge is 0.464 e. The average molecular weight is 377 g/mol. The first-order valence-corrected chi connectivity index (χ1v) is 9.06. The maximum Gasteiger partial charge on any atom is 0.328 e. The van der Waals surface area contributed by atoms with Crippen molar-refractivity contribution in [2.24, 2.45) is 0 Å². The molecule has 1 heterocycles. The number of piperidine rings is 1. The highest BCUT2D eigenvalue weighted by Gasteiger charge is 2.39. The van der Waals surface area contributed by atoms with Crippen molar-refractivity contribution in [3.8, 4) is 0 Å². The Labute approximate surface area is 159 Å². The smallest absolute Gasteiger partial charge is 0.328 e. The summed E-state index contributed by atoms with van der Waals surface area (Å²) in [4.78, 5) is 36.4. The summed E-state index contributed by atoms with van der Waals surface area (Å²) in [6, 6.07) is 5.73. The van der Waals surface area contributed by atoms with Crippen molar-refractivity contribution in [2.75, 3.05) is 32.1 Å². The Bertz CT molecular complexity index is 668. The average Bonchev–Trinajstić information content (AvgIpc) is 2.69. The number of nitrogens with one attached hydrogen (secondary N) is 3. The van der Waals surface area contributed by atoms with E-state index in [1.165, 1.54) is 0 Å². The summed E-state index contributed by atoms with van der Waals surface area (Å²) in [5.74, 6) is -1.07. The number of hydrogen-bond acceptors (Lipinski definition) is 6. The van der Waals surface area contributed by atoms with E-state index in [1.54, 1.807) is 45.2 Å². The molecule has 2 rings (SSSR count). The molecular formula is C19H27N3O5. The zero-order valence-electron chi connectivity index (χ0n) is 16.0. The van der Waals surface area contributed by atoms with Gasteiger partial charge in [-0.3, -0.25) is 9.59 Å². The maximum atomic E-state index is 12.6. The number of rotatable bonds is 7. The number of benzene rings is 1. The molecule has 1 fully saturated rings. The number of methoxy groups -OCH3 is 1. The normalized spacial score (nSPS) is 16.9. The molecular weight excluding hydrogens is 350 g/mol. The molecule has 0 bridgehead atoms. The van der Waals surface area contributed by atoms with Crippen molar-refractivity contribution >= 4 is 23.5 Å². The van der Waals surface area contributed by atoms with E-state index >= 15 is 0 Å². The zero-order valence-corrected chi connectivity index (χ0v) is 16.0. The minimum absolute atomic E-state index is 0.195. The van der Waals surface area contributed by atoms with Crippen LogP contribution in [0.1, 0.15) is 37.0 Å². The Morgan fingerprint density at radius 3 is 2.37 bits per heavy atom. The van der Waals surface area contributed by atoms with Crippen LogP contribution < -0.4 is 16.0 Å². The lowest BCUT2D eigenvalue weighted by molar-refractivity contribution is -0.145. The van der Waals surface area contributed by atoms with Gasteiger partial charge >= 0.3 is 5.97 Å². The molecule has 148 valence electrons. The van der Waals surface area contributed by atoms with Gasteiger partial charge in [0.15, 0.2) is 0 Å². The quantitative estimate of drug-likeness (QED) is 0.614. The fourth-order valence-corrected chi connectivity index (χ4v) is 2.91. The minimum atomic E-state index is -0.837. The van der Waals surface area contributed by atoms with Crippen LogP contribution in [0.25, 0.3) is 0 Å². The summed E-state index contributed by atoms with van der Waals surface area (Å²) in [7, 11) is 1.54. The van der Waals surface area contributed by atoms with Crippen LogP contribution in [0.4, 0.5) is 5.69 Å².